The molecule has 0 saturated carbocycles. The van der Waals surface area contributed by atoms with E-state index in [-0.39, 0.29) is 37.7 Å². The van der Waals surface area contributed by atoms with Crippen molar-refractivity contribution in [2.45, 2.75) is 39.8 Å². The van der Waals surface area contributed by atoms with Crippen LogP contribution in [0.3, 0.4) is 0 Å². The van der Waals surface area contributed by atoms with Gasteiger partial charge in [-0.25, -0.2) is 0 Å². The number of hydrogen-bond donors (Lipinski definition) is 1. The highest BCUT2D eigenvalue weighted by atomic mass is 16.5. The van der Waals surface area contributed by atoms with Gasteiger partial charge in [0.15, 0.2) is 5.78 Å². The molecule has 0 aromatic rings. The van der Waals surface area contributed by atoms with Gasteiger partial charge in [-0.15, -0.1) is 0 Å². The Kier molecular flexibility index (Phi) is 6.10. The second-order valence-electron chi connectivity index (χ2n) is 5.69. The Morgan fingerprint density at radius 3 is 2.65 bits per heavy atom. The number of esters is 1. The molecule has 0 radical (unpaired) electrons. The lowest BCUT2D eigenvalue weighted by Crippen LogP contribution is -2.53. The van der Waals surface area contributed by atoms with E-state index >= 15 is 0 Å². The molecular weight excluding hydrogens is 262 g/mol. The van der Waals surface area contributed by atoms with E-state index in [1.54, 1.807) is 20.8 Å². The zero-order chi connectivity index (χ0) is 15.3. The molecule has 0 aromatic carbocycles. The number of ether oxygens (including phenoxy) is 2. The van der Waals surface area contributed by atoms with Crippen molar-refractivity contribution < 1.29 is 24.2 Å². The van der Waals surface area contributed by atoms with Crippen molar-refractivity contribution in [3.63, 3.8) is 0 Å². The molecule has 6 heteroatoms. The summed E-state index contributed by atoms with van der Waals surface area (Å²) in [7, 11) is 0. The summed E-state index contributed by atoms with van der Waals surface area (Å²) in [5, 5.41) is 9.14. The van der Waals surface area contributed by atoms with Gasteiger partial charge in [-0.3, -0.25) is 14.5 Å². The van der Waals surface area contributed by atoms with Crippen LogP contribution in [-0.4, -0.2) is 66.8 Å². The third-order valence-corrected chi connectivity index (χ3v) is 3.67. The fraction of sp³-hybridized carbons (Fsp3) is 0.857. The Morgan fingerprint density at radius 1 is 1.45 bits per heavy atom. The molecule has 6 nitrogen and oxygen atoms in total. The molecule has 1 aliphatic heterocycles. The van der Waals surface area contributed by atoms with Crippen LogP contribution in [0.4, 0.5) is 0 Å². The normalized spacial score (nSPS) is 24.4. The maximum Gasteiger partial charge on any atom is 0.319 e. The average Bonchev–Trinajstić information content (AvgIpc) is 2.41. The summed E-state index contributed by atoms with van der Waals surface area (Å²) in [4.78, 5) is 26.1. The smallest absolute Gasteiger partial charge is 0.319 e. The van der Waals surface area contributed by atoms with Gasteiger partial charge in [-0.1, -0.05) is 0 Å². The molecule has 116 valence electrons. The van der Waals surface area contributed by atoms with Crippen LogP contribution in [-0.2, 0) is 19.1 Å². The maximum absolute atomic E-state index is 12.3. The molecule has 20 heavy (non-hydrogen) atoms. The molecule has 1 aliphatic rings. The number of rotatable bonds is 6. The molecule has 1 fully saturated rings. The second-order valence-corrected chi connectivity index (χ2v) is 5.69. The fourth-order valence-electron chi connectivity index (χ4n) is 2.01. The van der Waals surface area contributed by atoms with Crippen LogP contribution >= 0.6 is 0 Å². The minimum absolute atomic E-state index is 0.0708. The largest absolute Gasteiger partial charge is 0.465 e. The van der Waals surface area contributed by atoms with E-state index in [1.807, 2.05) is 11.8 Å². The van der Waals surface area contributed by atoms with Gasteiger partial charge in [0.05, 0.1) is 32.5 Å². The highest BCUT2D eigenvalue weighted by molar-refractivity contribution is 6.03. The predicted octanol–water partition coefficient (Wildman–Crippen LogP) is 0.226. The van der Waals surface area contributed by atoms with E-state index in [4.69, 9.17) is 14.6 Å². The number of ketones is 1. The fourth-order valence-corrected chi connectivity index (χ4v) is 2.01. The van der Waals surface area contributed by atoms with E-state index in [2.05, 4.69) is 0 Å². The summed E-state index contributed by atoms with van der Waals surface area (Å²) >= 11 is 0. The number of Topliss-reactive ketones (excluding diaryl/α,β-unsaturated/α-hetero) is 1. The monoisotopic (exact) mass is 287 g/mol. The SMILES string of the molecule is CCOC(=O)C(C)(C)C(=O)CN1CC(CO)OCC1C. The van der Waals surface area contributed by atoms with Crippen molar-refractivity contribution in [1.29, 1.82) is 0 Å². The molecule has 2 unspecified atom stereocenters. The Labute approximate surface area is 120 Å². The summed E-state index contributed by atoms with van der Waals surface area (Å²) in [5.41, 5.74) is -1.15. The number of aliphatic hydroxyl groups is 1. The van der Waals surface area contributed by atoms with Gasteiger partial charge in [-0.2, -0.15) is 0 Å². The lowest BCUT2D eigenvalue weighted by atomic mass is 9.87. The van der Waals surface area contributed by atoms with Gasteiger partial charge in [0, 0.05) is 12.6 Å². The maximum atomic E-state index is 12.3. The zero-order valence-electron chi connectivity index (χ0n) is 12.7. The molecule has 1 saturated heterocycles. The highest BCUT2D eigenvalue weighted by Gasteiger charge is 2.39. The number of carbonyl (C=O) groups excluding carboxylic acids is 2. The predicted molar refractivity (Wildman–Crippen MR) is 73.3 cm³/mol. The molecule has 0 aromatic heterocycles. The van der Waals surface area contributed by atoms with Gasteiger partial charge in [0.1, 0.15) is 5.41 Å². The topological polar surface area (TPSA) is 76.1 Å². The molecule has 1 rings (SSSR count). The first-order valence-electron chi connectivity index (χ1n) is 7.00. The van der Waals surface area contributed by atoms with Gasteiger partial charge < -0.3 is 14.6 Å². The van der Waals surface area contributed by atoms with Crippen LogP contribution in [0.2, 0.25) is 0 Å². The minimum Gasteiger partial charge on any atom is -0.465 e. The molecule has 1 N–H and O–H groups in total. The van der Waals surface area contributed by atoms with Crippen molar-refractivity contribution in [3.05, 3.63) is 0 Å². The van der Waals surface area contributed by atoms with E-state index < -0.39 is 11.4 Å². The van der Waals surface area contributed by atoms with Crippen LogP contribution in [0.15, 0.2) is 0 Å². The Morgan fingerprint density at radius 2 is 2.10 bits per heavy atom. The molecule has 0 bridgehead atoms. The number of hydrogen-bond acceptors (Lipinski definition) is 6. The number of carbonyl (C=O) groups is 2. The van der Waals surface area contributed by atoms with Crippen LogP contribution in [0, 0.1) is 5.41 Å². The van der Waals surface area contributed by atoms with Crippen LogP contribution < -0.4 is 0 Å². The van der Waals surface area contributed by atoms with E-state index in [1.165, 1.54) is 0 Å². The number of morpholine rings is 1. The van der Waals surface area contributed by atoms with E-state index in [9.17, 15) is 9.59 Å². The first kappa shape index (κ1) is 17.1. The summed E-state index contributed by atoms with van der Waals surface area (Å²) in [5.74, 6) is -0.675. The minimum atomic E-state index is -1.15. The van der Waals surface area contributed by atoms with Crippen molar-refractivity contribution in [3.8, 4) is 0 Å². The average molecular weight is 287 g/mol. The molecule has 0 aliphatic carbocycles. The van der Waals surface area contributed by atoms with Gasteiger partial charge in [0.2, 0.25) is 0 Å². The molecule has 2 atom stereocenters. The second kappa shape index (κ2) is 7.15. The first-order valence-corrected chi connectivity index (χ1v) is 7.00. The summed E-state index contributed by atoms with van der Waals surface area (Å²) in [6, 6.07) is 0.0831. The Hall–Kier alpha value is -0.980. The number of nitrogens with zero attached hydrogens (tertiary/aromatic N) is 1. The first-order chi connectivity index (χ1) is 9.32. The third-order valence-electron chi connectivity index (χ3n) is 3.67. The molecule has 1 heterocycles. The Balaban J connectivity index is 2.66. The Bertz CT molecular complexity index is 355. The zero-order valence-corrected chi connectivity index (χ0v) is 12.7. The van der Waals surface area contributed by atoms with Crippen molar-refractivity contribution in [1.82, 2.24) is 4.90 Å². The highest BCUT2D eigenvalue weighted by Crippen LogP contribution is 2.21. The van der Waals surface area contributed by atoms with Gasteiger partial charge >= 0.3 is 5.97 Å². The third kappa shape index (κ3) is 4.01. The van der Waals surface area contributed by atoms with E-state index in [0.717, 1.165) is 0 Å². The van der Waals surface area contributed by atoms with Gasteiger partial charge in [0.25, 0.3) is 0 Å². The van der Waals surface area contributed by atoms with Crippen LogP contribution in [0.25, 0.3) is 0 Å². The van der Waals surface area contributed by atoms with Crippen LogP contribution in [0.5, 0.6) is 0 Å². The van der Waals surface area contributed by atoms with Crippen LogP contribution in [0.1, 0.15) is 27.7 Å². The summed E-state index contributed by atoms with van der Waals surface area (Å²) < 4.78 is 10.4. The van der Waals surface area contributed by atoms with Crippen molar-refractivity contribution in [2.75, 3.05) is 32.9 Å². The lowest BCUT2D eigenvalue weighted by molar-refractivity contribution is -0.159. The molecule has 0 amide bonds. The summed E-state index contributed by atoms with van der Waals surface area (Å²) in [6.07, 6.45) is -0.273. The summed E-state index contributed by atoms with van der Waals surface area (Å²) in [6.45, 7) is 8.15. The number of aliphatic hydroxyl groups excluding tert-OH is 1. The van der Waals surface area contributed by atoms with Crippen molar-refractivity contribution >= 4 is 11.8 Å². The standard InChI is InChI=1S/C14H25NO5/c1-5-19-13(18)14(3,4)12(17)7-15-6-11(8-16)20-9-10(15)2/h10-11,16H,5-9H2,1-4H3. The molecular formula is C14H25NO5. The van der Waals surface area contributed by atoms with Crippen molar-refractivity contribution in [2.24, 2.45) is 5.41 Å². The van der Waals surface area contributed by atoms with Gasteiger partial charge in [-0.05, 0) is 27.7 Å². The quantitative estimate of drug-likeness (QED) is 0.556. The lowest BCUT2D eigenvalue weighted by Gasteiger charge is -2.38. The molecule has 0 spiro atoms. The van der Waals surface area contributed by atoms with E-state index in [0.29, 0.717) is 13.2 Å².